The van der Waals surface area contributed by atoms with Crippen LogP contribution in [-0.2, 0) is 0 Å². The van der Waals surface area contributed by atoms with Crippen molar-refractivity contribution in [3.05, 3.63) is 59.2 Å². The number of benzene rings is 1. The lowest BCUT2D eigenvalue weighted by Gasteiger charge is -2.06. The van der Waals surface area contributed by atoms with E-state index >= 15 is 0 Å². The number of imidazole rings is 1. The number of nitrogens with one attached hydrogen (secondary N) is 1. The number of carboxylic acids is 1. The first-order valence-corrected chi connectivity index (χ1v) is 7.94. The second kappa shape index (κ2) is 6.12. The van der Waals surface area contributed by atoms with Crippen molar-refractivity contribution >= 4 is 28.7 Å². The van der Waals surface area contributed by atoms with E-state index in [-0.39, 0.29) is 11.6 Å². The maximum atomic E-state index is 10.9. The van der Waals surface area contributed by atoms with Crippen molar-refractivity contribution in [2.75, 3.05) is 0 Å². The average Bonchev–Trinajstić information content (AvgIpc) is 3.00. The minimum absolute atomic E-state index is 0.136. The summed E-state index contributed by atoms with van der Waals surface area (Å²) in [7, 11) is 0. The predicted molar refractivity (Wildman–Crippen MR) is 96.2 cm³/mol. The zero-order valence-corrected chi connectivity index (χ0v) is 13.9. The van der Waals surface area contributed by atoms with Gasteiger partial charge < -0.3 is 15.2 Å². The number of hydrogen-bond donors (Lipinski definition) is 3. The normalized spacial score (nSPS) is 11.0. The van der Waals surface area contributed by atoms with Crippen LogP contribution in [0, 0.1) is 0 Å². The summed E-state index contributed by atoms with van der Waals surface area (Å²) in [5.41, 5.74) is 3.88. The molecule has 0 saturated carbocycles. The number of H-pyrrole nitrogens is 1. The van der Waals surface area contributed by atoms with Gasteiger partial charge >= 0.3 is 5.97 Å². The first kappa shape index (κ1) is 16.0. The number of carbonyl (C=O) groups is 1. The Kier molecular flexibility index (Phi) is 3.78. The van der Waals surface area contributed by atoms with Gasteiger partial charge in [-0.15, -0.1) is 0 Å². The monoisotopic (exact) mass is 366 g/mol. The number of halogens is 1. The summed E-state index contributed by atoms with van der Waals surface area (Å²) in [5, 5.41) is 18.8. The Morgan fingerprint density at radius 3 is 2.42 bits per heavy atom. The van der Waals surface area contributed by atoms with Gasteiger partial charge in [0.15, 0.2) is 5.65 Å². The third-order valence-electron chi connectivity index (χ3n) is 3.88. The fourth-order valence-corrected chi connectivity index (χ4v) is 2.86. The molecule has 0 bridgehead atoms. The Bertz CT molecular complexity index is 1120. The predicted octanol–water partition coefficient (Wildman–Crippen LogP) is 3.74. The van der Waals surface area contributed by atoms with Gasteiger partial charge in [-0.2, -0.15) is 4.98 Å². The minimum atomic E-state index is -1.01. The van der Waals surface area contributed by atoms with E-state index in [1.807, 2.05) is 24.3 Å². The first-order valence-electron chi connectivity index (χ1n) is 7.56. The molecular formula is C18H11ClN4O3. The minimum Gasteiger partial charge on any atom is -0.480 e. The zero-order chi connectivity index (χ0) is 18.3. The number of hydrogen-bond acceptors (Lipinski definition) is 5. The quantitative estimate of drug-likeness (QED) is 0.509. The van der Waals surface area contributed by atoms with Crippen LogP contribution in [0.3, 0.4) is 0 Å². The van der Waals surface area contributed by atoms with Gasteiger partial charge in [-0.3, -0.25) is 4.98 Å². The van der Waals surface area contributed by atoms with Crippen LogP contribution in [0.2, 0.25) is 5.02 Å². The van der Waals surface area contributed by atoms with Gasteiger partial charge in [0.2, 0.25) is 0 Å². The summed E-state index contributed by atoms with van der Waals surface area (Å²) in [6.07, 6.45) is 1.32. The molecule has 0 saturated heterocycles. The second-order valence-electron chi connectivity index (χ2n) is 5.56. The van der Waals surface area contributed by atoms with E-state index in [1.165, 1.54) is 12.3 Å². The fourth-order valence-electron chi connectivity index (χ4n) is 2.60. The Morgan fingerprint density at radius 2 is 1.77 bits per heavy atom. The van der Waals surface area contributed by atoms with E-state index in [2.05, 4.69) is 19.9 Å². The standard InChI is InChI=1S/C18H11ClN4O3/c19-12-7-14-16(23-18(26)21-14)22-15(12)10-3-1-9(2-4-10)13-6-5-11(8-20-13)17(24)25/h1-8H,(H,24,25)(H2,21,22,23,26). The molecule has 7 nitrogen and oxygen atoms in total. The molecule has 4 aromatic rings. The van der Waals surface area contributed by atoms with Crippen molar-refractivity contribution < 1.29 is 15.0 Å². The van der Waals surface area contributed by atoms with E-state index in [0.717, 1.165) is 11.1 Å². The molecule has 0 amide bonds. The summed E-state index contributed by atoms with van der Waals surface area (Å²) in [4.78, 5) is 26.0. The highest BCUT2D eigenvalue weighted by Crippen LogP contribution is 2.30. The molecule has 8 heteroatoms. The highest BCUT2D eigenvalue weighted by molar-refractivity contribution is 6.33. The molecule has 3 aromatic heterocycles. The maximum absolute atomic E-state index is 10.9. The Balaban J connectivity index is 1.69. The maximum Gasteiger partial charge on any atom is 0.337 e. The number of aromatic carboxylic acids is 1. The summed E-state index contributed by atoms with van der Waals surface area (Å²) >= 11 is 6.29. The molecule has 0 aliphatic carbocycles. The molecular weight excluding hydrogens is 356 g/mol. The van der Waals surface area contributed by atoms with E-state index in [1.54, 1.807) is 12.1 Å². The molecule has 3 heterocycles. The number of pyridine rings is 2. The van der Waals surface area contributed by atoms with Crippen molar-refractivity contribution in [1.82, 2.24) is 19.9 Å². The number of aromatic amines is 1. The summed E-state index contributed by atoms with van der Waals surface area (Å²) < 4.78 is 0. The molecule has 0 radical (unpaired) electrons. The topological polar surface area (TPSA) is 112 Å². The van der Waals surface area contributed by atoms with Gasteiger partial charge in [0.1, 0.15) is 0 Å². The molecule has 1 aromatic carbocycles. The SMILES string of the molecule is O=C(O)c1ccc(-c2ccc(-c3nc4nc(O)[nH]c4cc3Cl)cc2)nc1. The highest BCUT2D eigenvalue weighted by atomic mass is 35.5. The van der Waals surface area contributed by atoms with E-state index in [9.17, 15) is 9.90 Å². The van der Waals surface area contributed by atoms with Crippen LogP contribution in [0.25, 0.3) is 33.7 Å². The number of rotatable bonds is 3. The number of nitrogens with zero attached hydrogens (tertiary/aromatic N) is 3. The summed E-state index contributed by atoms with van der Waals surface area (Å²) in [5.74, 6) is -1.01. The van der Waals surface area contributed by atoms with E-state index in [4.69, 9.17) is 16.7 Å². The Morgan fingerprint density at radius 1 is 1.04 bits per heavy atom. The summed E-state index contributed by atoms with van der Waals surface area (Å²) in [6, 6.07) is 12.0. The van der Waals surface area contributed by atoms with Crippen LogP contribution < -0.4 is 0 Å². The summed E-state index contributed by atoms with van der Waals surface area (Å²) in [6.45, 7) is 0. The van der Waals surface area contributed by atoms with Crippen molar-refractivity contribution in [2.45, 2.75) is 0 Å². The fraction of sp³-hybridized carbons (Fsp3) is 0. The smallest absolute Gasteiger partial charge is 0.337 e. The van der Waals surface area contributed by atoms with Crippen molar-refractivity contribution in [2.24, 2.45) is 0 Å². The lowest BCUT2D eigenvalue weighted by atomic mass is 10.1. The number of carboxylic acid groups (broad SMARTS) is 1. The lowest BCUT2D eigenvalue weighted by molar-refractivity contribution is 0.0696. The van der Waals surface area contributed by atoms with Crippen LogP contribution in [0.15, 0.2) is 48.7 Å². The molecule has 0 spiro atoms. The van der Waals surface area contributed by atoms with E-state index in [0.29, 0.717) is 27.6 Å². The highest BCUT2D eigenvalue weighted by Gasteiger charge is 2.12. The second-order valence-corrected chi connectivity index (χ2v) is 5.97. The van der Waals surface area contributed by atoms with Crippen molar-refractivity contribution in [3.8, 4) is 28.5 Å². The van der Waals surface area contributed by atoms with Crippen molar-refractivity contribution in [3.63, 3.8) is 0 Å². The number of aromatic nitrogens is 4. The lowest BCUT2D eigenvalue weighted by Crippen LogP contribution is -1.97. The molecule has 4 rings (SSSR count). The number of fused-ring (bicyclic) bond motifs is 1. The van der Waals surface area contributed by atoms with Crippen LogP contribution in [-0.4, -0.2) is 36.1 Å². The molecule has 3 N–H and O–H groups in total. The Labute approximate surface area is 152 Å². The van der Waals surface area contributed by atoms with E-state index < -0.39 is 5.97 Å². The van der Waals surface area contributed by atoms with Crippen LogP contribution in [0.5, 0.6) is 6.01 Å². The van der Waals surface area contributed by atoms with Crippen LogP contribution in [0.4, 0.5) is 0 Å². The van der Waals surface area contributed by atoms with Gasteiger partial charge in [0, 0.05) is 17.3 Å². The van der Waals surface area contributed by atoms with Crippen LogP contribution >= 0.6 is 11.6 Å². The molecule has 0 fully saturated rings. The molecule has 0 unspecified atom stereocenters. The third-order valence-corrected chi connectivity index (χ3v) is 4.17. The molecule has 0 atom stereocenters. The molecule has 0 aliphatic rings. The van der Waals surface area contributed by atoms with Gasteiger partial charge in [0.05, 0.1) is 27.5 Å². The molecule has 128 valence electrons. The van der Waals surface area contributed by atoms with Gasteiger partial charge in [-0.05, 0) is 18.2 Å². The van der Waals surface area contributed by atoms with Crippen molar-refractivity contribution in [1.29, 1.82) is 0 Å². The zero-order valence-electron chi connectivity index (χ0n) is 13.1. The molecule has 26 heavy (non-hydrogen) atoms. The average molecular weight is 367 g/mol. The number of aromatic hydroxyl groups is 1. The first-order chi connectivity index (χ1) is 12.5. The van der Waals surface area contributed by atoms with Gasteiger partial charge in [-0.25, -0.2) is 9.78 Å². The van der Waals surface area contributed by atoms with Gasteiger partial charge in [-0.1, -0.05) is 35.9 Å². The molecule has 0 aliphatic heterocycles. The van der Waals surface area contributed by atoms with Gasteiger partial charge in [0.25, 0.3) is 6.01 Å². The Hall–Kier alpha value is -3.45. The largest absolute Gasteiger partial charge is 0.480 e. The van der Waals surface area contributed by atoms with Crippen LogP contribution in [0.1, 0.15) is 10.4 Å². The third kappa shape index (κ3) is 2.84.